The average molecular weight is 230 g/mol. The molecule has 0 amide bonds. The van der Waals surface area contributed by atoms with Crippen LogP contribution in [0.4, 0.5) is 0 Å². The fraction of sp³-hybridized carbons (Fsp3) is 0.333. The highest BCUT2D eigenvalue weighted by molar-refractivity contribution is 5.37. The van der Waals surface area contributed by atoms with Gasteiger partial charge in [0.15, 0.2) is 0 Å². The minimum absolute atomic E-state index is 0.00413. The molecule has 2 rings (SSSR count). The topological polar surface area (TPSA) is 33.4 Å². The quantitative estimate of drug-likeness (QED) is 0.854. The molecule has 1 N–H and O–H groups in total. The summed E-state index contributed by atoms with van der Waals surface area (Å²) in [6, 6.07) is 11.5. The van der Waals surface area contributed by atoms with E-state index in [4.69, 9.17) is 4.42 Å². The molecule has 0 saturated carbocycles. The molecule has 1 atom stereocenters. The van der Waals surface area contributed by atoms with Gasteiger partial charge in [-0.2, -0.15) is 0 Å². The van der Waals surface area contributed by atoms with Crippen molar-refractivity contribution in [3.63, 3.8) is 0 Å². The summed E-state index contributed by atoms with van der Waals surface area (Å²) in [6.45, 7) is 6.42. The van der Waals surface area contributed by atoms with Crippen LogP contribution in [0.1, 0.15) is 43.8 Å². The first kappa shape index (κ1) is 11.9. The van der Waals surface area contributed by atoms with Crippen LogP contribution in [0.25, 0.3) is 0 Å². The smallest absolute Gasteiger partial charge is 0.137 e. The summed E-state index contributed by atoms with van der Waals surface area (Å²) in [7, 11) is 0. The summed E-state index contributed by atoms with van der Waals surface area (Å²) in [4.78, 5) is 0. The van der Waals surface area contributed by atoms with Crippen molar-refractivity contribution in [1.29, 1.82) is 0 Å². The molecule has 1 unspecified atom stereocenters. The van der Waals surface area contributed by atoms with E-state index in [0.717, 1.165) is 11.1 Å². The van der Waals surface area contributed by atoms with Crippen molar-refractivity contribution in [2.45, 2.75) is 32.3 Å². The third kappa shape index (κ3) is 2.42. The number of hydrogen-bond acceptors (Lipinski definition) is 2. The van der Waals surface area contributed by atoms with Gasteiger partial charge in [-0.05, 0) is 28.7 Å². The lowest BCUT2D eigenvalue weighted by Crippen LogP contribution is -2.16. The number of benzene rings is 1. The molecule has 0 spiro atoms. The monoisotopic (exact) mass is 230 g/mol. The molecule has 1 aromatic carbocycles. The van der Waals surface area contributed by atoms with Crippen molar-refractivity contribution in [3.05, 3.63) is 59.5 Å². The molecular weight excluding hydrogens is 212 g/mol. The van der Waals surface area contributed by atoms with Gasteiger partial charge >= 0.3 is 0 Å². The first-order valence-electron chi connectivity index (χ1n) is 5.81. The molecule has 1 aromatic heterocycles. The highest BCUT2D eigenvalue weighted by Crippen LogP contribution is 2.32. The second-order valence-electron chi connectivity index (χ2n) is 5.26. The van der Waals surface area contributed by atoms with Crippen molar-refractivity contribution >= 4 is 0 Å². The van der Waals surface area contributed by atoms with E-state index in [-0.39, 0.29) is 5.41 Å². The van der Waals surface area contributed by atoms with Gasteiger partial charge in [-0.3, -0.25) is 0 Å². The zero-order chi connectivity index (χ0) is 12.5. The van der Waals surface area contributed by atoms with Crippen LogP contribution in [0, 0.1) is 0 Å². The van der Waals surface area contributed by atoms with Crippen LogP contribution in [0.3, 0.4) is 0 Å². The van der Waals surface area contributed by atoms with Gasteiger partial charge in [-0.25, -0.2) is 0 Å². The minimum Gasteiger partial charge on any atom is -0.466 e. The first-order chi connectivity index (χ1) is 8.00. The second-order valence-corrected chi connectivity index (χ2v) is 5.26. The Hall–Kier alpha value is -1.54. The summed E-state index contributed by atoms with van der Waals surface area (Å²) >= 11 is 0. The van der Waals surface area contributed by atoms with Gasteiger partial charge in [0, 0.05) is 0 Å². The first-order valence-corrected chi connectivity index (χ1v) is 5.81. The number of aliphatic hydroxyl groups excluding tert-OH is 1. The Labute approximate surface area is 102 Å². The van der Waals surface area contributed by atoms with E-state index in [2.05, 4.69) is 26.8 Å². The van der Waals surface area contributed by atoms with E-state index in [1.165, 1.54) is 0 Å². The van der Waals surface area contributed by atoms with Crippen molar-refractivity contribution in [2.24, 2.45) is 0 Å². The molecule has 17 heavy (non-hydrogen) atoms. The maximum absolute atomic E-state index is 10.3. The molecule has 0 fully saturated rings. The van der Waals surface area contributed by atoms with Gasteiger partial charge in [0.2, 0.25) is 0 Å². The lowest BCUT2D eigenvalue weighted by Gasteiger charge is -2.24. The predicted molar refractivity (Wildman–Crippen MR) is 67.9 cm³/mol. The average Bonchev–Trinajstić information content (AvgIpc) is 2.80. The summed E-state index contributed by atoms with van der Waals surface area (Å²) < 4.78 is 5.27. The van der Waals surface area contributed by atoms with Crippen LogP contribution >= 0.6 is 0 Å². The lowest BCUT2D eigenvalue weighted by molar-refractivity contribution is 0.187. The van der Waals surface area contributed by atoms with E-state index in [1.807, 2.05) is 18.2 Å². The summed E-state index contributed by atoms with van der Waals surface area (Å²) in [5.41, 5.74) is 2.06. The van der Waals surface area contributed by atoms with Gasteiger partial charge in [0.1, 0.15) is 11.9 Å². The standard InChI is InChI=1S/C15H18O2/c1-15(2,3)12-8-5-4-7-11(12)14(16)13-9-6-10-17-13/h4-10,14,16H,1-3H3. The maximum atomic E-state index is 10.3. The Kier molecular flexibility index (Phi) is 3.07. The van der Waals surface area contributed by atoms with Crippen molar-refractivity contribution in [3.8, 4) is 0 Å². The van der Waals surface area contributed by atoms with Crippen molar-refractivity contribution < 1.29 is 9.52 Å². The number of rotatable bonds is 2. The molecule has 2 heteroatoms. The second kappa shape index (κ2) is 4.38. The highest BCUT2D eigenvalue weighted by atomic mass is 16.4. The number of furan rings is 1. The maximum Gasteiger partial charge on any atom is 0.137 e. The van der Waals surface area contributed by atoms with Gasteiger partial charge in [-0.1, -0.05) is 45.0 Å². The van der Waals surface area contributed by atoms with E-state index in [9.17, 15) is 5.11 Å². The van der Waals surface area contributed by atoms with E-state index in [1.54, 1.807) is 18.4 Å². The van der Waals surface area contributed by atoms with E-state index in [0.29, 0.717) is 5.76 Å². The molecule has 0 aliphatic carbocycles. The van der Waals surface area contributed by atoms with Crippen LogP contribution in [0.2, 0.25) is 0 Å². The fourth-order valence-corrected chi connectivity index (χ4v) is 2.02. The Morgan fingerprint density at radius 1 is 1.06 bits per heavy atom. The van der Waals surface area contributed by atoms with Crippen LogP contribution in [-0.2, 0) is 5.41 Å². The Bertz CT molecular complexity index is 478. The molecule has 1 heterocycles. The van der Waals surface area contributed by atoms with Gasteiger partial charge in [0.05, 0.1) is 6.26 Å². The summed E-state index contributed by atoms with van der Waals surface area (Å²) in [5, 5.41) is 10.3. The molecule has 2 aromatic rings. The lowest BCUT2D eigenvalue weighted by atomic mass is 9.82. The van der Waals surface area contributed by atoms with Crippen LogP contribution in [-0.4, -0.2) is 5.11 Å². The van der Waals surface area contributed by atoms with Crippen LogP contribution in [0.15, 0.2) is 47.1 Å². The zero-order valence-electron chi connectivity index (χ0n) is 10.5. The van der Waals surface area contributed by atoms with Crippen LogP contribution < -0.4 is 0 Å². The molecule has 2 nitrogen and oxygen atoms in total. The molecule has 0 radical (unpaired) electrons. The Balaban J connectivity index is 2.46. The van der Waals surface area contributed by atoms with E-state index < -0.39 is 6.10 Å². The molecule has 0 aliphatic heterocycles. The van der Waals surface area contributed by atoms with E-state index >= 15 is 0 Å². The third-order valence-electron chi connectivity index (χ3n) is 2.88. The van der Waals surface area contributed by atoms with Gasteiger partial charge in [-0.15, -0.1) is 0 Å². The predicted octanol–water partition coefficient (Wildman–Crippen LogP) is 3.66. The normalized spacial score (nSPS) is 13.6. The number of aliphatic hydroxyl groups is 1. The summed E-state index contributed by atoms with van der Waals surface area (Å²) in [6.07, 6.45) is 0.888. The van der Waals surface area contributed by atoms with Gasteiger partial charge in [0.25, 0.3) is 0 Å². The molecule has 90 valence electrons. The molecular formula is C15H18O2. The zero-order valence-corrected chi connectivity index (χ0v) is 10.5. The Morgan fingerprint density at radius 3 is 2.35 bits per heavy atom. The molecule has 0 saturated heterocycles. The van der Waals surface area contributed by atoms with Crippen LogP contribution in [0.5, 0.6) is 0 Å². The van der Waals surface area contributed by atoms with Crippen molar-refractivity contribution in [1.82, 2.24) is 0 Å². The summed E-state index contributed by atoms with van der Waals surface area (Å²) in [5.74, 6) is 0.585. The minimum atomic E-state index is -0.694. The number of hydrogen-bond donors (Lipinski definition) is 1. The third-order valence-corrected chi connectivity index (χ3v) is 2.88. The largest absolute Gasteiger partial charge is 0.466 e. The SMILES string of the molecule is CC(C)(C)c1ccccc1C(O)c1ccco1. The van der Waals surface area contributed by atoms with Crippen molar-refractivity contribution in [2.75, 3.05) is 0 Å². The highest BCUT2D eigenvalue weighted by Gasteiger charge is 2.23. The Morgan fingerprint density at radius 2 is 1.76 bits per heavy atom. The fourth-order valence-electron chi connectivity index (χ4n) is 2.02. The molecule has 0 bridgehead atoms. The van der Waals surface area contributed by atoms with Gasteiger partial charge < -0.3 is 9.52 Å². The molecule has 0 aliphatic rings.